The number of aryl methyl sites for hydroxylation is 3. The molecule has 22 heavy (non-hydrogen) atoms. The molecular formula is C20H20N2. The zero-order chi connectivity index (χ0) is 15.5. The summed E-state index contributed by atoms with van der Waals surface area (Å²) in [6, 6.07) is 20.9. The van der Waals surface area contributed by atoms with Crippen molar-refractivity contribution in [3.63, 3.8) is 0 Å². The molecule has 1 aromatic heterocycles. The van der Waals surface area contributed by atoms with Crippen molar-refractivity contribution >= 4 is 11.9 Å². The van der Waals surface area contributed by atoms with Gasteiger partial charge in [0.15, 0.2) is 0 Å². The Morgan fingerprint density at radius 2 is 1.64 bits per heavy atom. The molecule has 2 nitrogen and oxygen atoms in total. The van der Waals surface area contributed by atoms with Gasteiger partial charge in [-0.1, -0.05) is 35.9 Å². The first-order valence-corrected chi connectivity index (χ1v) is 7.50. The maximum Gasteiger partial charge on any atom is 0.0659 e. The van der Waals surface area contributed by atoms with Crippen molar-refractivity contribution in [1.82, 2.24) is 4.57 Å². The number of aromatic nitrogens is 1. The Kier molecular flexibility index (Phi) is 3.92. The Morgan fingerprint density at radius 3 is 2.36 bits per heavy atom. The van der Waals surface area contributed by atoms with E-state index in [0.717, 1.165) is 17.1 Å². The summed E-state index contributed by atoms with van der Waals surface area (Å²) in [5.74, 6) is 0. The molecule has 0 aliphatic rings. The predicted molar refractivity (Wildman–Crippen MR) is 93.7 cm³/mol. The molecule has 110 valence electrons. The largest absolute Gasteiger partial charge is 0.313 e. The van der Waals surface area contributed by atoms with Crippen molar-refractivity contribution in [3.05, 3.63) is 83.2 Å². The van der Waals surface area contributed by atoms with Crippen LogP contribution in [0.4, 0.5) is 5.69 Å². The van der Waals surface area contributed by atoms with Crippen molar-refractivity contribution in [1.29, 1.82) is 0 Å². The third-order valence-electron chi connectivity index (χ3n) is 3.81. The van der Waals surface area contributed by atoms with Crippen LogP contribution < -0.4 is 0 Å². The summed E-state index contributed by atoms with van der Waals surface area (Å²) in [6.45, 7) is 6.31. The zero-order valence-corrected chi connectivity index (χ0v) is 13.2. The van der Waals surface area contributed by atoms with Gasteiger partial charge in [0.25, 0.3) is 0 Å². The fraction of sp³-hybridized carbons (Fsp3) is 0.150. The molecule has 2 heteroatoms. The van der Waals surface area contributed by atoms with Gasteiger partial charge in [-0.3, -0.25) is 4.99 Å². The molecule has 0 spiro atoms. The van der Waals surface area contributed by atoms with Crippen molar-refractivity contribution in [2.45, 2.75) is 20.8 Å². The first-order valence-electron chi connectivity index (χ1n) is 7.50. The summed E-state index contributed by atoms with van der Waals surface area (Å²) < 4.78 is 2.22. The summed E-state index contributed by atoms with van der Waals surface area (Å²) in [5, 5.41) is 0. The third-order valence-corrected chi connectivity index (χ3v) is 3.81. The van der Waals surface area contributed by atoms with Gasteiger partial charge in [-0.2, -0.15) is 0 Å². The summed E-state index contributed by atoms with van der Waals surface area (Å²) in [7, 11) is 0. The lowest BCUT2D eigenvalue weighted by molar-refractivity contribution is 1.01. The quantitative estimate of drug-likeness (QED) is 0.593. The van der Waals surface area contributed by atoms with Crippen LogP contribution in [0.25, 0.3) is 5.69 Å². The molecule has 0 aliphatic carbocycles. The standard InChI is InChI=1S/C20H20N2/c1-15-9-12-20(16(2)13-15)21-14-19-11-10-17(3)22(19)18-7-5-4-6-8-18/h4-14H,1-3H3. The Balaban J connectivity index is 1.98. The highest BCUT2D eigenvalue weighted by Crippen LogP contribution is 2.20. The lowest BCUT2D eigenvalue weighted by atomic mass is 10.1. The fourth-order valence-corrected chi connectivity index (χ4v) is 2.68. The van der Waals surface area contributed by atoms with Gasteiger partial charge in [0.2, 0.25) is 0 Å². The highest BCUT2D eigenvalue weighted by Gasteiger charge is 2.05. The van der Waals surface area contributed by atoms with E-state index >= 15 is 0 Å². The maximum absolute atomic E-state index is 4.67. The van der Waals surface area contributed by atoms with E-state index < -0.39 is 0 Å². The molecule has 0 unspecified atom stereocenters. The van der Waals surface area contributed by atoms with Gasteiger partial charge < -0.3 is 4.57 Å². The van der Waals surface area contributed by atoms with Crippen molar-refractivity contribution < 1.29 is 0 Å². The van der Waals surface area contributed by atoms with Gasteiger partial charge in [0.05, 0.1) is 17.6 Å². The van der Waals surface area contributed by atoms with Crippen LogP contribution in [-0.4, -0.2) is 10.8 Å². The average Bonchev–Trinajstić information content (AvgIpc) is 2.88. The molecule has 0 bridgehead atoms. The Bertz CT molecular complexity index is 811. The van der Waals surface area contributed by atoms with Crippen LogP contribution >= 0.6 is 0 Å². The molecule has 3 aromatic rings. The number of rotatable bonds is 3. The smallest absolute Gasteiger partial charge is 0.0659 e. The van der Waals surface area contributed by atoms with Crippen molar-refractivity contribution in [3.8, 4) is 5.69 Å². The van der Waals surface area contributed by atoms with Gasteiger partial charge in [0.1, 0.15) is 0 Å². The number of para-hydroxylation sites is 1. The van der Waals surface area contributed by atoms with Gasteiger partial charge in [0, 0.05) is 11.4 Å². The minimum absolute atomic E-state index is 1.02. The fourth-order valence-electron chi connectivity index (χ4n) is 2.68. The zero-order valence-electron chi connectivity index (χ0n) is 13.2. The van der Waals surface area contributed by atoms with Crippen LogP contribution in [0.3, 0.4) is 0 Å². The second-order valence-corrected chi connectivity index (χ2v) is 5.62. The number of benzene rings is 2. The minimum Gasteiger partial charge on any atom is -0.313 e. The van der Waals surface area contributed by atoms with E-state index in [-0.39, 0.29) is 0 Å². The molecule has 0 saturated heterocycles. The Hall–Kier alpha value is -2.61. The van der Waals surface area contributed by atoms with Crippen LogP contribution in [0.15, 0.2) is 65.7 Å². The molecule has 0 amide bonds. The van der Waals surface area contributed by atoms with E-state index in [2.05, 4.69) is 84.9 Å². The van der Waals surface area contributed by atoms with Gasteiger partial charge in [-0.25, -0.2) is 0 Å². The Morgan fingerprint density at radius 1 is 0.864 bits per heavy atom. The van der Waals surface area contributed by atoms with Gasteiger partial charge in [-0.05, 0) is 56.7 Å². The van der Waals surface area contributed by atoms with E-state index in [1.54, 1.807) is 0 Å². The molecule has 0 radical (unpaired) electrons. The maximum atomic E-state index is 4.67. The average molecular weight is 288 g/mol. The molecule has 2 aromatic carbocycles. The lowest BCUT2D eigenvalue weighted by Crippen LogP contribution is -2.00. The van der Waals surface area contributed by atoms with Crippen LogP contribution in [0.1, 0.15) is 22.5 Å². The molecule has 0 atom stereocenters. The monoisotopic (exact) mass is 288 g/mol. The van der Waals surface area contributed by atoms with E-state index in [0.29, 0.717) is 0 Å². The molecule has 1 heterocycles. The molecule has 3 rings (SSSR count). The van der Waals surface area contributed by atoms with Crippen LogP contribution in [0, 0.1) is 20.8 Å². The van der Waals surface area contributed by atoms with Crippen molar-refractivity contribution in [2.24, 2.45) is 4.99 Å². The first-order chi connectivity index (χ1) is 10.6. The summed E-state index contributed by atoms with van der Waals surface area (Å²) >= 11 is 0. The SMILES string of the molecule is Cc1ccc(N=Cc2ccc(C)n2-c2ccccc2)c(C)c1. The minimum atomic E-state index is 1.02. The molecular weight excluding hydrogens is 268 g/mol. The molecule has 0 aliphatic heterocycles. The first kappa shape index (κ1) is 14.3. The number of hydrogen-bond acceptors (Lipinski definition) is 1. The van der Waals surface area contributed by atoms with E-state index in [9.17, 15) is 0 Å². The number of nitrogens with zero attached hydrogens (tertiary/aromatic N) is 2. The Labute approximate surface area is 131 Å². The van der Waals surface area contributed by atoms with Crippen molar-refractivity contribution in [2.75, 3.05) is 0 Å². The van der Waals surface area contributed by atoms with Gasteiger partial charge in [-0.15, -0.1) is 0 Å². The van der Waals surface area contributed by atoms with Gasteiger partial charge >= 0.3 is 0 Å². The predicted octanol–water partition coefficient (Wildman–Crippen LogP) is 5.15. The molecule has 0 N–H and O–H groups in total. The lowest BCUT2D eigenvalue weighted by Gasteiger charge is -2.09. The third kappa shape index (κ3) is 2.86. The number of aliphatic imine (C=N–C) groups is 1. The summed E-state index contributed by atoms with van der Waals surface area (Å²) in [5.41, 5.74) is 6.93. The second kappa shape index (κ2) is 6.02. The van der Waals surface area contributed by atoms with E-state index in [1.165, 1.54) is 16.8 Å². The normalized spacial score (nSPS) is 11.2. The molecule has 0 saturated carbocycles. The van der Waals surface area contributed by atoms with E-state index in [4.69, 9.17) is 0 Å². The van der Waals surface area contributed by atoms with E-state index in [1.807, 2.05) is 12.3 Å². The highest BCUT2D eigenvalue weighted by molar-refractivity contribution is 5.82. The van der Waals surface area contributed by atoms with Crippen LogP contribution in [-0.2, 0) is 0 Å². The summed E-state index contributed by atoms with van der Waals surface area (Å²) in [4.78, 5) is 4.67. The second-order valence-electron chi connectivity index (χ2n) is 5.62. The number of hydrogen-bond donors (Lipinski definition) is 0. The molecule has 0 fully saturated rings. The van der Waals surface area contributed by atoms with Crippen LogP contribution in [0.2, 0.25) is 0 Å². The summed E-state index contributed by atoms with van der Waals surface area (Å²) in [6.07, 6.45) is 1.94. The highest BCUT2D eigenvalue weighted by atomic mass is 15.0. The van der Waals surface area contributed by atoms with Crippen LogP contribution in [0.5, 0.6) is 0 Å². The topological polar surface area (TPSA) is 17.3 Å².